The molecule has 0 spiro atoms. The number of hydrogen-bond donors (Lipinski definition) is 0. The molecule has 0 aliphatic rings. The van der Waals surface area contributed by atoms with Crippen LogP contribution >= 0.6 is 11.6 Å². The minimum atomic E-state index is 0.592. The Labute approximate surface area is 98.0 Å². The van der Waals surface area contributed by atoms with Crippen LogP contribution in [0.4, 0.5) is 5.69 Å². The van der Waals surface area contributed by atoms with Gasteiger partial charge in [-0.05, 0) is 18.1 Å². The predicted molar refractivity (Wildman–Crippen MR) is 68.8 cm³/mol. The van der Waals surface area contributed by atoms with Crippen LogP contribution in [0.25, 0.3) is 0 Å². The normalized spacial score (nSPS) is 10.3. The van der Waals surface area contributed by atoms with Crippen molar-refractivity contribution in [1.29, 1.82) is 0 Å². The maximum Gasteiger partial charge on any atom is 0.0494 e. The van der Waals surface area contributed by atoms with Crippen LogP contribution in [0.5, 0.6) is 0 Å². The van der Waals surface area contributed by atoms with Gasteiger partial charge in [0, 0.05) is 25.2 Å². The van der Waals surface area contributed by atoms with Crippen molar-refractivity contribution in [2.75, 3.05) is 18.5 Å². The van der Waals surface area contributed by atoms with E-state index in [1.54, 1.807) is 0 Å². The molecule has 0 radical (unpaired) electrons. The Morgan fingerprint density at radius 2 is 1.93 bits per heavy atom. The average molecular weight is 226 g/mol. The number of rotatable bonds is 6. The number of para-hydroxylation sites is 1. The van der Waals surface area contributed by atoms with Crippen molar-refractivity contribution in [3.8, 4) is 0 Å². The van der Waals surface area contributed by atoms with Crippen LogP contribution in [0.15, 0.2) is 24.3 Å². The van der Waals surface area contributed by atoms with Crippen molar-refractivity contribution in [3.63, 3.8) is 0 Å². The zero-order valence-corrected chi connectivity index (χ0v) is 10.4. The molecule has 0 fully saturated rings. The van der Waals surface area contributed by atoms with E-state index in [-0.39, 0.29) is 0 Å². The van der Waals surface area contributed by atoms with Gasteiger partial charge in [-0.15, -0.1) is 11.6 Å². The van der Waals surface area contributed by atoms with Gasteiger partial charge >= 0.3 is 0 Å². The Bertz CT molecular complexity index is 286. The standard InChI is InChI=1S/C13H20ClN/c1-3-4-7-10-15(2)13-9-6-5-8-12(13)11-14/h5-6,8-9H,3-4,7,10-11H2,1-2H3. The largest absolute Gasteiger partial charge is 0.374 e. The van der Waals surface area contributed by atoms with E-state index in [1.807, 2.05) is 6.07 Å². The lowest BCUT2D eigenvalue weighted by Gasteiger charge is -2.21. The lowest BCUT2D eigenvalue weighted by atomic mass is 10.1. The summed E-state index contributed by atoms with van der Waals surface area (Å²) in [6.07, 6.45) is 3.82. The fourth-order valence-electron chi connectivity index (χ4n) is 1.72. The molecular formula is C13H20ClN. The zero-order valence-electron chi connectivity index (χ0n) is 9.67. The maximum absolute atomic E-state index is 5.91. The van der Waals surface area contributed by atoms with Gasteiger partial charge in [-0.1, -0.05) is 38.0 Å². The van der Waals surface area contributed by atoms with Gasteiger partial charge in [0.2, 0.25) is 0 Å². The summed E-state index contributed by atoms with van der Waals surface area (Å²) in [6.45, 7) is 3.34. The lowest BCUT2D eigenvalue weighted by molar-refractivity contribution is 0.704. The topological polar surface area (TPSA) is 3.24 Å². The van der Waals surface area contributed by atoms with Crippen LogP contribution in [0, 0.1) is 0 Å². The minimum absolute atomic E-state index is 0.592. The summed E-state index contributed by atoms with van der Waals surface area (Å²) in [5.41, 5.74) is 2.49. The number of anilines is 1. The average Bonchev–Trinajstić information content (AvgIpc) is 2.29. The molecule has 1 aromatic rings. The van der Waals surface area contributed by atoms with Crippen molar-refractivity contribution in [2.24, 2.45) is 0 Å². The van der Waals surface area contributed by atoms with Gasteiger partial charge in [0.1, 0.15) is 0 Å². The summed E-state index contributed by atoms with van der Waals surface area (Å²) in [7, 11) is 2.14. The molecule has 0 bridgehead atoms. The zero-order chi connectivity index (χ0) is 11.1. The molecule has 1 aromatic carbocycles. The Morgan fingerprint density at radius 3 is 2.60 bits per heavy atom. The highest BCUT2D eigenvalue weighted by atomic mass is 35.5. The molecule has 15 heavy (non-hydrogen) atoms. The summed E-state index contributed by atoms with van der Waals surface area (Å²) >= 11 is 5.91. The molecule has 0 saturated heterocycles. The van der Waals surface area contributed by atoms with Crippen LogP contribution in [0.1, 0.15) is 31.7 Å². The highest BCUT2D eigenvalue weighted by Gasteiger charge is 2.04. The number of unbranched alkanes of at least 4 members (excludes halogenated alkanes) is 2. The minimum Gasteiger partial charge on any atom is -0.374 e. The summed E-state index contributed by atoms with van der Waals surface area (Å²) in [5.74, 6) is 0.592. The van der Waals surface area contributed by atoms with Crippen molar-refractivity contribution in [3.05, 3.63) is 29.8 Å². The van der Waals surface area contributed by atoms with Gasteiger partial charge in [0.05, 0.1) is 0 Å². The second kappa shape index (κ2) is 6.73. The Morgan fingerprint density at radius 1 is 1.20 bits per heavy atom. The highest BCUT2D eigenvalue weighted by molar-refractivity contribution is 6.17. The molecule has 0 heterocycles. The fraction of sp³-hybridized carbons (Fsp3) is 0.538. The Hall–Kier alpha value is -0.690. The number of nitrogens with zero attached hydrogens (tertiary/aromatic N) is 1. The van der Waals surface area contributed by atoms with Crippen molar-refractivity contribution in [1.82, 2.24) is 0 Å². The molecule has 2 heteroatoms. The molecular weight excluding hydrogens is 206 g/mol. The van der Waals surface area contributed by atoms with Gasteiger partial charge < -0.3 is 4.90 Å². The fourth-order valence-corrected chi connectivity index (χ4v) is 1.94. The monoisotopic (exact) mass is 225 g/mol. The second-order valence-corrected chi connectivity index (χ2v) is 4.16. The molecule has 0 amide bonds. The Balaban J connectivity index is 2.59. The van der Waals surface area contributed by atoms with Crippen LogP contribution in [0.3, 0.4) is 0 Å². The van der Waals surface area contributed by atoms with Gasteiger partial charge in [-0.25, -0.2) is 0 Å². The molecule has 84 valence electrons. The third kappa shape index (κ3) is 3.75. The highest BCUT2D eigenvalue weighted by Crippen LogP contribution is 2.21. The van der Waals surface area contributed by atoms with Crippen LogP contribution in [-0.2, 0) is 5.88 Å². The molecule has 0 N–H and O–H groups in total. The molecule has 0 unspecified atom stereocenters. The van der Waals surface area contributed by atoms with Crippen molar-refractivity contribution >= 4 is 17.3 Å². The smallest absolute Gasteiger partial charge is 0.0494 e. The van der Waals surface area contributed by atoms with Crippen LogP contribution < -0.4 is 4.90 Å². The molecule has 0 aromatic heterocycles. The first-order valence-electron chi connectivity index (χ1n) is 5.64. The van der Waals surface area contributed by atoms with Gasteiger partial charge in [0.25, 0.3) is 0 Å². The number of halogens is 1. The van der Waals surface area contributed by atoms with Crippen molar-refractivity contribution < 1.29 is 0 Å². The number of hydrogen-bond acceptors (Lipinski definition) is 1. The van der Waals surface area contributed by atoms with Crippen LogP contribution in [0.2, 0.25) is 0 Å². The third-order valence-corrected chi connectivity index (χ3v) is 2.93. The van der Waals surface area contributed by atoms with E-state index in [0.29, 0.717) is 5.88 Å². The molecule has 0 aliphatic heterocycles. The second-order valence-electron chi connectivity index (χ2n) is 3.89. The van der Waals surface area contributed by atoms with E-state index in [9.17, 15) is 0 Å². The predicted octanol–water partition coefficient (Wildman–Crippen LogP) is 4.05. The van der Waals surface area contributed by atoms with E-state index in [2.05, 4.69) is 37.1 Å². The first-order chi connectivity index (χ1) is 7.29. The van der Waals surface area contributed by atoms with E-state index in [4.69, 9.17) is 11.6 Å². The first kappa shape index (κ1) is 12.4. The summed E-state index contributed by atoms with van der Waals surface area (Å²) < 4.78 is 0. The molecule has 0 saturated carbocycles. The molecule has 1 nitrogen and oxygen atoms in total. The van der Waals surface area contributed by atoms with E-state index in [0.717, 1.165) is 6.54 Å². The first-order valence-corrected chi connectivity index (χ1v) is 6.18. The number of alkyl halides is 1. The maximum atomic E-state index is 5.91. The number of benzene rings is 1. The SMILES string of the molecule is CCCCCN(C)c1ccccc1CCl. The van der Waals surface area contributed by atoms with Crippen LogP contribution in [-0.4, -0.2) is 13.6 Å². The third-order valence-electron chi connectivity index (χ3n) is 2.64. The summed E-state index contributed by atoms with van der Waals surface area (Å²) in [5, 5.41) is 0. The Kier molecular flexibility index (Phi) is 5.56. The lowest BCUT2D eigenvalue weighted by Crippen LogP contribution is -2.19. The van der Waals surface area contributed by atoms with Crippen molar-refractivity contribution in [2.45, 2.75) is 32.1 Å². The summed E-state index contributed by atoms with van der Waals surface area (Å²) in [4.78, 5) is 2.30. The van der Waals surface area contributed by atoms with E-state index >= 15 is 0 Å². The van der Waals surface area contributed by atoms with E-state index < -0.39 is 0 Å². The van der Waals surface area contributed by atoms with Gasteiger partial charge in [-0.3, -0.25) is 0 Å². The van der Waals surface area contributed by atoms with Gasteiger partial charge in [0.15, 0.2) is 0 Å². The quantitative estimate of drug-likeness (QED) is 0.522. The molecule has 0 aliphatic carbocycles. The molecule has 0 atom stereocenters. The van der Waals surface area contributed by atoms with E-state index in [1.165, 1.54) is 30.5 Å². The summed E-state index contributed by atoms with van der Waals surface area (Å²) in [6, 6.07) is 8.35. The van der Waals surface area contributed by atoms with Gasteiger partial charge in [-0.2, -0.15) is 0 Å². The molecule has 1 rings (SSSR count).